The van der Waals surface area contributed by atoms with Crippen molar-refractivity contribution in [3.05, 3.63) is 57.8 Å². The zero-order valence-corrected chi connectivity index (χ0v) is 16.5. The highest BCUT2D eigenvalue weighted by Crippen LogP contribution is 2.50. The predicted octanol–water partition coefficient (Wildman–Crippen LogP) is 4.22. The maximum Gasteiger partial charge on any atom is 0.230 e. The molecule has 2 fully saturated rings. The molecule has 5 nitrogen and oxygen atoms in total. The fourth-order valence-corrected chi connectivity index (χ4v) is 4.52. The number of pyridine rings is 1. The molecule has 1 N–H and O–H groups in total. The minimum absolute atomic E-state index is 0.0116. The van der Waals surface area contributed by atoms with Crippen LogP contribution in [0.2, 0.25) is 10.0 Å². The van der Waals surface area contributed by atoms with Gasteiger partial charge in [-0.25, -0.2) is 0 Å². The summed E-state index contributed by atoms with van der Waals surface area (Å²) in [5, 5.41) is 3.82. The number of hydrogen-bond donors (Lipinski definition) is 1. The summed E-state index contributed by atoms with van der Waals surface area (Å²) in [5.74, 6) is -0.481. The van der Waals surface area contributed by atoms with Crippen LogP contribution in [-0.2, 0) is 14.3 Å². The van der Waals surface area contributed by atoms with Gasteiger partial charge < -0.3 is 14.8 Å². The molecule has 0 spiro atoms. The van der Waals surface area contributed by atoms with Crippen molar-refractivity contribution in [3.8, 4) is 0 Å². The van der Waals surface area contributed by atoms with E-state index in [1.807, 2.05) is 19.1 Å². The van der Waals surface area contributed by atoms with Crippen molar-refractivity contribution >= 4 is 34.8 Å². The van der Waals surface area contributed by atoms with Gasteiger partial charge >= 0.3 is 0 Å². The molecule has 2 bridgehead atoms. The first-order chi connectivity index (χ1) is 13.0. The molecular formula is C20H20Cl2N2O3. The van der Waals surface area contributed by atoms with E-state index in [1.165, 1.54) is 0 Å². The topological polar surface area (TPSA) is 60.5 Å². The van der Waals surface area contributed by atoms with E-state index in [2.05, 4.69) is 10.3 Å². The average molecular weight is 407 g/mol. The summed E-state index contributed by atoms with van der Waals surface area (Å²) in [6.45, 7) is 1.94. The molecule has 1 amide bonds. The van der Waals surface area contributed by atoms with Gasteiger partial charge in [0.2, 0.25) is 5.91 Å². The number of nitrogens with zero attached hydrogens (tertiary/aromatic N) is 1. The number of methoxy groups -OCH3 is 1. The largest absolute Gasteiger partial charge is 0.379 e. The van der Waals surface area contributed by atoms with Crippen LogP contribution in [0.4, 0.5) is 5.69 Å². The molecule has 0 aliphatic carbocycles. The number of fused-ring (bicyclic) bond motifs is 2. The monoisotopic (exact) mass is 406 g/mol. The van der Waals surface area contributed by atoms with Gasteiger partial charge in [-0.1, -0.05) is 23.2 Å². The Hall–Kier alpha value is -1.66. The summed E-state index contributed by atoms with van der Waals surface area (Å²) in [5.41, 5.74) is 2.57. The molecule has 5 atom stereocenters. The Morgan fingerprint density at radius 1 is 1.26 bits per heavy atom. The molecule has 1 aromatic heterocycles. The third-order valence-corrected chi connectivity index (χ3v) is 6.14. The Bertz CT molecular complexity index is 876. The van der Waals surface area contributed by atoms with Crippen LogP contribution in [0.15, 0.2) is 36.5 Å². The van der Waals surface area contributed by atoms with Gasteiger partial charge in [-0.3, -0.25) is 9.78 Å². The summed E-state index contributed by atoms with van der Waals surface area (Å²) in [6, 6.07) is 9.03. The molecule has 2 saturated heterocycles. The van der Waals surface area contributed by atoms with E-state index in [1.54, 1.807) is 31.5 Å². The van der Waals surface area contributed by atoms with E-state index in [0.717, 1.165) is 11.3 Å². The van der Waals surface area contributed by atoms with Crippen molar-refractivity contribution in [2.75, 3.05) is 12.4 Å². The minimum Gasteiger partial charge on any atom is -0.379 e. The highest BCUT2D eigenvalue weighted by Gasteiger charge is 2.57. The Labute approximate surface area is 168 Å². The van der Waals surface area contributed by atoms with Crippen molar-refractivity contribution in [1.29, 1.82) is 0 Å². The lowest BCUT2D eigenvalue weighted by molar-refractivity contribution is -0.122. The van der Waals surface area contributed by atoms with E-state index in [0.29, 0.717) is 22.2 Å². The molecule has 0 saturated carbocycles. The highest BCUT2D eigenvalue weighted by molar-refractivity contribution is 6.42. The number of nitrogens with one attached hydrogen (secondary N) is 1. The standard InChI is InChI=1S/C20H20Cl2N2O3/c1-10-7-11(5-6-23-10)17-18(15-9-16(26-2)19(17)27-15)20(25)24-12-3-4-13(21)14(22)8-12/h3-8,15-19H,9H2,1-2H3,(H,24,25)/t15-,16+,17-,18-,19+/m1/s1. The summed E-state index contributed by atoms with van der Waals surface area (Å²) < 4.78 is 11.7. The minimum atomic E-state index is -0.308. The molecule has 4 rings (SSSR count). The number of carbonyl (C=O) groups is 1. The quantitative estimate of drug-likeness (QED) is 0.825. The Morgan fingerprint density at radius 2 is 2.07 bits per heavy atom. The molecule has 0 radical (unpaired) electrons. The van der Waals surface area contributed by atoms with Crippen LogP contribution >= 0.6 is 23.2 Å². The smallest absolute Gasteiger partial charge is 0.230 e. The van der Waals surface area contributed by atoms with Crippen molar-refractivity contribution in [1.82, 2.24) is 4.98 Å². The van der Waals surface area contributed by atoms with E-state index >= 15 is 0 Å². The molecule has 27 heavy (non-hydrogen) atoms. The summed E-state index contributed by atoms with van der Waals surface area (Å²) in [6.07, 6.45) is 2.14. The maximum atomic E-state index is 13.1. The van der Waals surface area contributed by atoms with Gasteiger partial charge in [-0.05, 0) is 42.8 Å². The van der Waals surface area contributed by atoms with Crippen molar-refractivity contribution in [3.63, 3.8) is 0 Å². The van der Waals surface area contributed by atoms with E-state index < -0.39 is 0 Å². The second kappa shape index (κ2) is 7.40. The van der Waals surface area contributed by atoms with Crippen LogP contribution in [0.3, 0.4) is 0 Å². The zero-order valence-electron chi connectivity index (χ0n) is 15.0. The molecule has 3 heterocycles. The van der Waals surface area contributed by atoms with Gasteiger partial charge in [0.25, 0.3) is 0 Å². The highest BCUT2D eigenvalue weighted by atomic mass is 35.5. The molecule has 2 aromatic rings. The Kier molecular flexibility index (Phi) is 5.12. The van der Waals surface area contributed by atoms with Crippen LogP contribution in [0, 0.1) is 12.8 Å². The average Bonchev–Trinajstić information content (AvgIpc) is 3.22. The second-order valence-electron chi connectivity index (χ2n) is 7.05. The third-order valence-electron chi connectivity index (χ3n) is 5.40. The maximum absolute atomic E-state index is 13.1. The number of anilines is 1. The van der Waals surface area contributed by atoms with Crippen LogP contribution in [0.1, 0.15) is 23.6 Å². The van der Waals surface area contributed by atoms with Crippen molar-refractivity contribution < 1.29 is 14.3 Å². The zero-order chi connectivity index (χ0) is 19.1. The van der Waals surface area contributed by atoms with Gasteiger partial charge in [-0.15, -0.1) is 0 Å². The molecular weight excluding hydrogens is 387 g/mol. The van der Waals surface area contributed by atoms with Crippen molar-refractivity contribution in [2.45, 2.75) is 37.6 Å². The number of aromatic nitrogens is 1. The first kappa shape index (κ1) is 18.7. The molecule has 7 heteroatoms. The number of benzene rings is 1. The molecule has 2 aliphatic heterocycles. The Balaban J connectivity index is 1.63. The van der Waals surface area contributed by atoms with Gasteiger partial charge in [-0.2, -0.15) is 0 Å². The van der Waals surface area contributed by atoms with Crippen molar-refractivity contribution in [2.24, 2.45) is 5.92 Å². The van der Waals surface area contributed by atoms with E-state index in [9.17, 15) is 4.79 Å². The number of amides is 1. The normalized spacial score (nSPS) is 29.1. The lowest BCUT2D eigenvalue weighted by Gasteiger charge is -2.31. The second-order valence-corrected chi connectivity index (χ2v) is 7.86. The van der Waals surface area contributed by atoms with E-state index in [-0.39, 0.29) is 36.1 Å². The lowest BCUT2D eigenvalue weighted by atomic mass is 9.74. The van der Waals surface area contributed by atoms with Gasteiger partial charge in [0.1, 0.15) is 0 Å². The number of rotatable bonds is 4. The number of aryl methyl sites for hydroxylation is 1. The first-order valence-corrected chi connectivity index (χ1v) is 9.60. The molecule has 1 aromatic carbocycles. The molecule has 142 valence electrons. The van der Waals surface area contributed by atoms with Gasteiger partial charge in [0.15, 0.2) is 0 Å². The summed E-state index contributed by atoms with van der Waals surface area (Å²) in [4.78, 5) is 17.4. The number of ether oxygens (including phenoxy) is 2. The van der Waals surface area contributed by atoms with Crippen LogP contribution in [0.25, 0.3) is 0 Å². The summed E-state index contributed by atoms with van der Waals surface area (Å²) in [7, 11) is 1.69. The van der Waals surface area contributed by atoms with Gasteiger partial charge in [0.05, 0.1) is 34.3 Å². The first-order valence-electron chi connectivity index (χ1n) is 8.84. The molecule has 2 aliphatic rings. The third kappa shape index (κ3) is 3.45. The van der Waals surface area contributed by atoms with Crippen LogP contribution < -0.4 is 5.32 Å². The summed E-state index contributed by atoms with van der Waals surface area (Å²) >= 11 is 12.0. The van der Waals surface area contributed by atoms with Crippen LogP contribution in [-0.4, -0.2) is 36.3 Å². The lowest BCUT2D eigenvalue weighted by Crippen LogP contribution is -2.41. The number of carbonyl (C=O) groups excluding carboxylic acids is 1. The SMILES string of the molecule is CO[C@H]1C[C@H]2O[C@@H]1[C@H](c1ccnc(C)c1)[C@@H]2C(=O)Nc1ccc(Cl)c(Cl)c1. The van der Waals surface area contributed by atoms with Gasteiger partial charge in [0, 0.05) is 37.0 Å². The number of halogens is 2. The fraction of sp³-hybridized carbons (Fsp3) is 0.400. The number of hydrogen-bond acceptors (Lipinski definition) is 4. The fourth-order valence-electron chi connectivity index (χ4n) is 4.22. The van der Waals surface area contributed by atoms with E-state index in [4.69, 9.17) is 32.7 Å². The Morgan fingerprint density at radius 3 is 2.78 bits per heavy atom. The molecule has 0 unspecified atom stereocenters. The predicted molar refractivity (Wildman–Crippen MR) is 104 cm³/mol. The van der Waals surface area contributed by atoms with Crippen LogP contribution in [0.5, 0.6) is 0 Å².